The van der Waals surface area contributed by atoms with E-state index in [1.807, 2.05) is 38.1 Å². The van der Waals surface area contributed by atoms with Gasteiger partial charge in [0.1, 0.15) is 5.75 Å². The minimum Gasteiger partial charge on any atom is -0.491 e. The van der Waals surface area contributed by atoms with Gasteiger partial charge in [0.05, 0.1) is 16.8 Å². The smallest absolute Gasteiger partial charge is 0.248 e. The van der Waals surface area contributed by atoms with Crippen molar-refractivity contribution in [3.8, 4) is 5.75 Å². The molecule has 120 valence electrons. The summed E-state index contributed by atoms with van der Waals surface area (Å²) in [6, 6.07) is 12.4. The fourth-order valence-corrected chi connectivity index (χ4v) is 2.24. The largest absolute Gasteiger partial charge is 0.491 e. The van der Waals surface area contributed by atoms with E-state index in [0.717, 1.165) is 11.3 Å². The Kier molecular flexibility index (Phi) is 6.08. The van der Waals surface area contributed by atoms with E-state index in [4.69, 9.17) is 27.9 Å². The zero-order valence-corrected chi connectivity index (χ0v) is 14.4. The highest BCUT2D eigenvalue weighted by Gasteiger charge is 2.04. The molecule has 0 aliphatic rings. The molecule has 2 aromatic carbocycles. The maximum Gasteiger partial charge on any atom is 0.248 e. The zero-order chi connectivity index (χ0) is 16.8. The van der Waals surface area contributed by atoms with Crippen molar-refractivity contribution in [2.24, 2.45) is 0 Å². The van der Waals surface area contributed by atoms with E-state index >= 15 is 0 Å². The van der Waals surface area contributed by atoms with Crippen LogP contribution in [0.15, 0.2) is 48.5 Å². The molecular weight excluding hydrogens is 333 g/mol. The molecule has 2 aromatic rings. The average Bonchev–Trinajstić information content (AvgIpc) is 2.49. The Morgan fingerprint density at radius 2 is 1.96 bits per heavy atom. The monoisotopic (exact) mass is 349 g/mol. The maximum atomic E-state index is 12.0. The molecule has 23 heavy (non-hydrogen) atoms. The van der Waals surface area contributed by atoms with Gasteiger partial charge >= 0.3 is 0 Å². The van der Waals surface area contributed by atoms with Crippen LogP contribution in [0.5, 0.6) is 5.75 Å². The van der Waals surface area contributed by atoms with Crippen molar-refractivity contribution in [3.05, 3.63) is 64.1 Å². The van der Waals surface area contributed by atoms with Crippen molar-refractivity contribution in [1.29, 1.82) is 0 Å². The number of nitrogens with one attached hydrogen (secondary N) is 1. The Bertz CT molecular complexity index is 727. The molecule has 5 heteroatoms. The number of hydrogen-bond acceptors (Lipinski definition) is 2. The van der Waals surface area contributed by atoms with Crippen LogP contribution in [0.1, 0.15) is 19.4 Å². The number of amides is 1. The average molecular weight is 350 g/mol. The van der Waals surface area contributed by atoms with E-state index in [1.165, 1.54) is 6.08 Å². The lowest BCUT2D eigenvalue weighted by atomic mass is 10.2. The van der Waals surface area contributed by atoms with Crippen LogP contribution >= 0.6 is 23.2 Å². The summed E-state index contributed by atoms with van der Waals surface area (Å²) in [5.74, 6) is 0.477. The summed E-state index contributed by atoms with van der Waals surface area (Å²) in [6.45, 7) is 3.93. The van der Waals surface area contributed by atoms with E-state index in [1.54, 1.807) is 24.3 Å². The van der Waals surface area contributed by atoms with Gasteiger partial charge in [-0.2, -0.15) is 0 Å². The van der Waals surface area contributed by atoms with E-state index < -0.39 is 0 Å². The molecule has 0 aliphatic heterocycles. The predicted molar refractivity (Wildman–Crippen MR) is 96.3 cm³/mol. The molecule has 0 bridgehead atoms. The van der Waals surface area contributed by atoms with Crippen LogP contribution in [0.3, 0.4) is 0 Å². The normalized spacial score (nSPS) is 11.0. The fourth-order valence-electron chi connectivity index (χ4n) is 1.90. The summed E-state index contributed by atoms with van der Waals surface area (Å²) in [4.78, 5) is 12.0. The van der Waals surface area contributed by atoms with Crippen LogP contribution in [-0.4, -0.2) is 12.0 Å². The summed E-state index contributed by atoms with van der Waals surface area (Å²) in [6.07, 6.45) is 3.25. The van der Waals surface area contributed by atoms with Gasteiger partial charge in [0.25, 0.3) is 0 Å². The highest BCUT2D eigenvalue weighted by molar-refractivity contribution is 6.35. The third kappa shape index (κ3) is 5.62. The van der Waals surface area contributed by atoms with Crippen LogP contribution in [-0.2, 0) is 4.79 Å². The molecule has 0 saturated carbocycles. The molecule has 0 spiro atoms. The topological polar surface area (TPSA) is 38.3 Å². The van der Waals surface area contributed by atoms with E-state index in [2.05, 4.69) is 5.32 Å². The Morgan fingerprint density at radius 3 is 2.70 bits per heavy atom. The highest BCUT2D eigenvalue weighted by atomic mass is 35.5. The first-order chi connectivity index (χ1) is 10.9. The molecule has 0 radical (unpaired) electrons. The minimum atomic E-state index is -0.288. The van der Waals surface area contributed by atoms with Crippen LogP contribution < -0.4 is 10.1 Å². The van der Waals surface area contributed by atoms with Crippen molar-refractivity contribution < 1.29 is 9.53 Å². The molecule has 0 aromatic heterocycles. The third-order valence-electron chi connectivity index (χ3n) is 2.84. The number of benzene rings is 2. The van der Waals surface area contributed by atoms with Crippen LogP contribution in [0.2, 0.25) is 10.0 Å². The minimum absolute atomic E-state index is 0.0995. The molecule has 0 aliphatic carbocycles. The number of halogens is 2. The molecule has 1 N–H and O–H groups in total. The molecule has 0 saturated heterocycles. The molecule has 3 nitrogen and oxygen atoms in total. The van der Waals surface area contributed by atoms with Crippen LogP contribution in [0.25, 0.3) is 6.08 Å². The number of carbonyl (C=O) groups excluding carboxylic acids is 1. The van der Waals surface area contributed by atoms with Gasteiger partial charge in [-0.3, -0.25) is 4.79 Å². The first-order valence-electron chi connectivity index (χ1n) is 7.15. The van der Waals surface area contributed by atoms with Gasteiger partial charge in [-0.25, -0.2) is 0 Å². The van der Waals surface area contributed by atoms with Gasteiger partial charge < -0.3 is 10.1 Å². The third-order valence-corrected chi connectivity index (χ3v) is 3.41. The molecule has 2 rings (SSSR count). The van der Waals surface area contributed by atoms with Crippen LogP contribution in [0, 0.1) is 0 Å². The van der Waals surface area contributed by atoms with Gasteiger partial charge in [-0.1, -0.05) is 35.3 Å². The van der Waals surface area contributed by atoms with Crippen molar-refractivity contribution in [3.63, 3.8) is 0 Å². The molecular formula is C18H17Cl2NO2. The van der Waals surface area contributed by atoms with Gasteiger partial charge in [-0.05, 0) is 55.8 Å². The summed E-state index contributed by atoms with van der Waals surface area (Å²) in [5.41, 5.74) is 1.35. The highest BCUT2D eigenvalue weighted by Crippen LogP contribution is 2.25. The Morgan fingerprint density at radius 1 is 1.17 bits per heavy atom. The summed E-state index contributed by atoms with van der Waals surface area (Å²) in [7, 11) is 0. The van der Waals surface area contributed by atoms with E-state index in [0.29, 0.717) is 15.7 Å². The van der Waals surface area contributed by atoms with Gasteiger partial charge in [0, 0.05) is 11.1 Å². The van der Waals surface area contributed by atoms with Crippen molar-refractivity contribution in [2.75, 3.05) is 5.32 Å². The maximum absolute atomic E-state index is 12.0. The second-order valence-corrected chi connectivity index (χ2v) is 6.03. The first-order valence-corrected chi connectivity index (χ1v) is 7.90. The lowest BCUT2D eigenvalue weighted by Crippen LogP contribution is -2.08. The van der Waals surface area contributed by atoms with Crippen molar-refractivity contribution in [1.82, 2.24) is 0 Å². The zero-order valence-electron chi connectivity index (χ0n) is 12.8. The lowest BCUT2D eigenvalue weighted by molar-refractivity contribution is -0.111. The van der Waals surface area contributed by atoms with Crippen LogP contribution in [0.4, 0.5) is 5.69 Å². The second kappa shape index (κ2) is 8.04. The number of ether oxygens (including phenoxy) is 1. The molecule has 0 unspecified atom stereocenters. The Hall–Kier alpha value is -1.97. The Balaban J connectivity index is 2.05. The van der Waals surface area contributed by atoms with E-state index in [9.17, 15) is 4.79 Å². The summed E-state index contributed by atoms with van der Waals surface area (Å²) in [5, 5.41) is 3.64. The lowest BCUT2D eigenvalue weighted by Gasteiger charge is -2.09. The van der Waals surface area contributed by atoms with Gasteiger partial charge in [0.2, 0.25) is 5.91 Å². The standard InChI is InChI=1S/C18H17Cl2NO2/c1-12(2)23-15-5-3-4-13(10-15)6-9-18(22)21-17-11-14(19)7-8-16(17)20/h3-12H,1-2H3,(H,21,22)/b9-6+. The molecule has 0 heterocycles. The fraction of sp³-hybridized carbons (Fsp3) is 0.167. The molecule has 0 atom stereocenters. The predicted octanol–water partition coefficient (Wildman–Crippen LogP) is 5.43. The number of rotatable bonds is 5. The number of hydrogen-bond donors (Lipinski definition) is 1. The summed E-state index contributed by atoms with van der Waals surface area (Å²) < 4.78 is 5.62. The van der Waals surface area contributed by atoms with Crippen molar-refractivity contribution >= 4 is 40.9 Å². The Labute approximate surface area is 145 Å². The molecule has 0 fully saturated rings. The quantitative estimate of drug-likeness (QED) is 0.730. The van der Waals surface area contributed by atoms with Crippen molar-refractivity contribution in [2.45, 2.75) is 20.0 Å². The van der Waals surface area contributed by atoms with Gasteiger partial charge in [0.15, 0.2) is 0 Å². The second-order valence-electron chi connectivity index (χ2n) is 5.19. The van der Waals surface area contributed by atoms with E-state index in [-0.39, 0.29) is 12.0 Å². The molecule has 1 amide bonds. The number of carbonyl (C=O) groups is 1. The number of anilines is 1. The van der Waals surface area contributed by atoms with Gasteiger partial charge in [-0.15, -0.1) is 0 Å². The SMILES string of the molecule is CC(C)Oc1cccc(/C=C/C(=O)Nc2cc(Cl)ccc2Cl)c1. The summed E-state index contributed by atoms with van der Waals surface area (Å²) >= 11 is 11.9. The first kappa shape index (κ1) is 17.4.